The van der Waals surface area contributed by atoms with Crippen LogP contribution in [0.4, 0.5) is 4.39 Å². The quantitative estimate of drug-likeness (QED) is 0.834. The SMILES string of the molecule is Cc1cc(F)ccc1CNC1CCCCC1C(C)(C)C. The molecule has 1 saturated carbocycles. The standard InChI is InChI=1S/C18H28FN/c1-13-11-15(19)10-9-14(13)12-20-17-8-6-5-7-16(17)18(2,3)4/h9-11,16-17,20H,5-8,12H2,1-4H3. The molecule has 1 aliphatic rings. The van der Waals surface area contributed by atoms with Gasteiger partial charge in [-0.25, -0.2) is 4.39 Å². The maximum Gasteiger partial charge on any atom is 0.123 e. The van der Waals surface area contributed by atoms with Gasteiger partial charge in [0.25, 0.3) is 0 Å². The molecule has 20 heavy (non-hydrogen) atoms. The van der Waals surface area contributed by atoms with Crippen LogP contribution in [0.15, 0.2) is 18.2 Å². The van der Waals surface area contributed by atoms with Crippen LogP contribution in [0.2, 0.25) is 0 Å². The number of halogens is 1. The summed E-state index contributed by atoms with van der Waals surface area (Å²) in [5.74, 6) is 0.591. The summed E-state index contributed by atoms with van der Waals surface area (Å²) in [5.41, 5.74) is 2.61. The van der Waals surface area contributed by atoms with Gasteiger partial charge in [-0.05, 0) is 54.4 Å². The molecule has 0 heterocycles. The van der Waals surface area contributed by atoms with Crippen LogP contribution in [0.5, 0.6) is 0 Å². The fourth-order valence-electron chi connectivity index (χ4n) is 3.51. The molecular formula is C18H28FN. The second kappa shape index (κ2) is 6.26. The Morgan fingerprint density at radius 1 is 1.20 bits per heavy atom. The molecule has 1 nitrogen and oxygen atoms in total. The normalized spacial score (nSPS) is 23.9. The Labute approximate surface area is 123 Å². The van der Waals surface area contributed by atoms with E-state index in [1.54, 1.807) is 12.1 Å². The highest BCUT2D eigenvalue weighted by Crippen LogP contribution is 2.38. The number of benzene rings is 1. The van der Waals surface area contributed by atoms with Gasteiger partial charge >= 0.3 is 0 Å². The maximum absolute atomic E-state index is 13.1. The zero-order valence-electron chi connectivity index (χ0n) is 13.3. The van der Waals surface area contributed by atoms with Gasteiger partial charge in [-0.1, -0.05) is 39.7 Å². The van der Waals surface area contributed by atoms with Crippen LogP contribution >= 0.6 is 0 Å². The first-order valence-corrected chi connectivity index (χ1v) is 7.86. The molecule has 1 fully saturated rings. The Morgan fingerprint density at radius 2 is 1.90 bits per heavy atom. The smallest absolute Gasteiger partial charge is 0.123 e. The third kappa shape index (κ3) is 3.82. The minimum Gasteiger partial charge on any atom is -0.310 e. The molecule has 0 aliphatic heterocycles. The molecule has 2 heteroatoms. The summed E-state index contributed by atoms with van der Waals surface area (Å²) in [4.78, 5) is 0. The van der Waals surface area contributed by atoms with Crippen molar-refractivity contribution in [1.29, 1.82) is 0 Å². The topological polar surface area (TPSA) is 12.0 Å². The van der Waals surface area contributed by atoms with Crippen molar-refractivity contribution < 1.29 is 4.39 Å². The molecule has 0 saturated heterocycles. The van der Waals surface area contributed by atoms with E-state index in [9.17, 15) is 4.39 Å². The lowest BCUT2D eigenvalue weighted by Gasteiger charge is -2.41. The van der Waals surface area contributed by atoms with Gasteiger partial charge < -0.3 is 5.32 Å². The number of hydrogen-bond donors (Lipinski definition) is 1. The minimum absolute atomic E-state index is 0.142. The van der Waals surface area contributed by atoms with E-state index in [1.165, 1.54) is 31.2 Å². The summed E-state index contributed by atoms with van der Waals surface area (Å²) in [7, 11) is 0. The molecular weight excluding hydrogens is 249 g/mol. The first kappa shape index (κ1) is 15.5. The number of nitrogens with one attached hydrogen (secondary N) is 1. The molecule has 112 valence electrons. The van der Waals surface area contributed by atoms with E-state index < -0.39 is 0 Å². The minimum atomic E-state index is -0.142. The second-order valence-corrected chi connectivity index (χ2v) is 7.32. The summed E-state index contributed by atoms with van der Waals surface area (Å²) >= 11 is 0. The second-order valence-electron chi connectivity index (χ2n) is 7.32. The van der Waals surface area contributed by atoms with Gasteiger partial charge in [-0.3, -0.25) is 0 Å². The van der Waals surface area contributed by atoms with Crippen molar-refractivity contribution in [1.82, 2.24) is 5.32 Å². The fourth-order valence-corrected chi connectivity index (χ4v) is 3.51. The monoisotopic (exact) mass is 277 g/mol. The van der Waals surface area contributed by atoms with Gasteiger partial charge in [0.2, 0.25) is 0 Å². The number of rotatable bonds is 3. The van der Waals surface area contributed by atoms with Crippen LogP contribution in [0.3, 0.4) is 0 Å². The van der Waals surface area contributed by atoms with Gasteiger partial charge in [0.1, 0.15) is 5.82 Å². The van der Waals surface area contributed by atoms with Gasteiger partial charge in [-0.2, -0.15) is 0 Å². The predicted octanol–water partition coefficient (Wildman–Crippen LogP) is 4.83. The van der Waals surface area contributed by atoms with E-state index in [0.29, 0.717) is 11.5 Å². The first-order valence-electron chi connectivity index (χ1n) is 7.86. The first-order chi connectivity index (χ1) is 9.38. The average molecular weight is 277 g/mol. The summed E-state index contributed by atoms with van der Waals surface area (Å²) in [6, 6.07) is 5.69. The zero-order chi connectivity index (χ0) is 14.8. The van der Waals surface area contributed by atoms with Crippen LogP contribution in [-0.4, -0.2) is 6.04 Å². The Kier molecular flexibility index (Phi) is 4.85. The molecule has 1 aromatic carbocycles. The molecule has 0 amide bonds. The highest BCUT2D eigenvalue weighted by molar-refractivity contribution is 5.26. The third-order valence-electron chi connectivity index (χ3n) is 4.74. The Morgan fingerprint density at radius 3 is 2.55 bits per heavy atom. The molecule has 0 bridgehead atoms. The van der Waals surface area contributed by atoms with Gasteiger partial charge in [0.15, 0.2) is 0 Å². The van der Waals surface area contributed by atoms with E-state index in [-0.39, 0.29) is 5.82 Å². The van der Waals surface area contributed by atoms with Crippen molar-refractivity contribution in [3.63, 3.8) is 0 Å². The largest absolute Gasteiger partial charge is 0.310 e. The molecule has 0 spiro atoms. The predicted molar refractivity (Wildman–Crippen MR) is 83.2 cm³/mol. The average Bonchev–Trinajstić information content (AvgIpc) is 2.37. The van der Waals surface area contributed by atoms with E-state index >= 15 is 0 Å². The van der Waals surface area contributed by atoms with E-state index in [2.05, 4.69) is 26.1 Å². The molecule has 1 N–H and O–H groups in total. The lowest BCUT2D eigenvalue weighted by Crippen LogP contribution is -2.44. The van der Waals surface area contributed by atoms with Crippen LogP contribution in [0.25, 0.3) is 0 Å². The molecule has 1 aliphatic carbocycles. The van der Waals surface area contributed by atoms with E-state index in [0.717, 1.165) is 18.0 Å². The van der Waals surface area contributed by atoms with Crippen molar-refractivity contribution in [2.45, 2.75) is 66.0 Å². The van der Waals surface area contributed by atoms with Gasteiger partial charge in [-0.15, -0.1) is 0 Å². The highest BCUT2D eigenvalue weighted by atomic mass is 19.1. The molecule has 2 atom stereocenters. The Balaban J connectivity index is 2.01. The maximum atomic E-state index is 13.1. The molecule has 0 aromatic heterocycles. The lowest BCUT2D eigenvalue weighted by atomic mass is 9.69. The van der Waals surface area contributed by atoms with Gasteiger partial charge in [0, 0.05) is 12.6 Å². The number of hydrogen-bond acceptors (Lipinski definition) is 1. The van der Waals surface area contributed by atoms with E-state index in [4.69, 9.17) is 0 Å². The van der Waals surface area contributed by atoms with Crippen molar-refractivity contribution in [2.24, 2.45) is 11.3 Å². The molecule has 2 unspecified atom stereocenters. The highest BCUT2D eigenvalue weighted by Gasteiger charge is 2.33. The van der Waals surface area contributed by atoms with Crippen molar-refractivity contribution in [3.05, 3.63) is 35.1 Å². The van der Waals surface area contributed by atoms with E-state index in [1.807, 2.05) is 13.0 Å². The molecule has 0 radical (unpaired) electrons. The summed E-state index contributed by atoms with van der Waals surface area (Å²) in [6.45, 7) is 9.88. The molecule has 1 aromatic rings. The van der Waals surface area contributed by atoms with Gasteiger partial charge in [0.05, 0.1) is 0 Å². The third-order valence-corrected chi connectivity index (χ3v) is 4.74. The lowest BCUT2D eigenvalue weighted by molar-refractivity contribution is 0.130. The van der Waals surface area contributed by atoms with Crippen molar-refractivity contribution in [2.75, 3.05) is 0 Å². The Bertz CT molecular complexity index is 447. The zero-order valence-corrected chi connectivity index (χ0v) is 13.3. The van der Waals surface area contributed by atoms with Crippen LogP contribution in [-0.2, 0) is 6.54 Å². The van der Waals surface area contributed by atoms with Crippen LogP contribution in [0, 0.1) is 24.1 Å². The summed E-state index contributed by atoms with van der Waals surface area (Å²) in [6.07, 6.45) is 5.27. The fraction of sp³-hybridized carbons (Fsp3) is 0.667. The summed E-state index contributed by atoms with van der Waals surface area (Å²) < 4.78 is 13.1. The Hall–Kier alpha value is -0.890. The van der Waals surface area contributed by atoms with Crippen molar-refractivity contribution >= 4 is 0 Å². The molecule has 2 rings (SSSR count). The summed E-state index contributed by atoms with van der Waals surface area (Å²) in [5, 5.41) is 3.73. The van der Waals surface area contributed by atoms with Crippen LogP contribution < -0.4 is 5.32 Å². The van der Waals surface area contributed by atoms with Crippen molar-refractivity contribution in [3.8, 4) is 0 Å². The number of aryl methyl sites for hydroxylation is 1. The van der Waals surface area contributed by atoms with Crippen LogP contribution in [0.1, 0.15) is 57.6 Å².